The third-order valence-corrected chi connectivity index (χ3v) is 4.67. The molecule has 0 radical (unpaired) electrons. The maximum Gasteiger partial charge on any atom is 0.407 e. The number of rotatable bonds is 8. The number of hydrogen-bond donors (Lipinski definition) is 2. The van der Waals surface area contributed by atoms with Gasteiger partial charge in [0.2, 0.25) is 0 Å². The molecule has 2 N–H and O–H groups in total. The minimum Gasteiger partial charge on any atom is -0.480 e. The molecule has 148 valence electrons. The van der Waals surface area contributed by atoms with Crippen molar-refractivity contribution in [1.82, 2.24) is 5.32 Å². The molecule has 6 heteroatoms. The Balaban J connectivity index is 1.62. The lowest BCUT2D eigenvalue weighted by molar-refractivity contribution is -0.141. The Morgan fingerprint density at radius 2 is 1.57 bits per heavy atom. The van der Waals surface area contributed by atoms with Gasteiger partial charge in [-0.25, -0.2) is 9.59 Å². The average molecular weight is 383 g/mol. The largest absolute Gasteiger partial charge is 0.480 e. The van der Waals surface area contributed by atoms with Gasteiger partial charge in [0.15, 0.2) is 6.04 Å². The number of fused-ring (bicyclic) bond motifs is 3. The number of aliphatic carboxylic acids is 1. The van der Waals surface area contributed by atoms with Crippen LogP contribution in [0.4, 0.5) is 4.79 Å². The standard InChI is InChI=1S/C22H25NO5/c1-14(2)11-27-13-20(21(24)25)23-22(26)28-12-19-17-9-5-3-7-15(17)16-8-4-6-10-18(16)19/h3-10,14,19-20H,11-13H2,1-2H3,(H,23,26)(H,24,25)/t20-/m0/s1. The van der Waals surface area contributed by atoms with Crippen LogP contribution in [0.1, 0.15) is 30.9 Å². The van der Waals surface area contributed by atoms with Crippen molar-refractivity contribution in [3.63, 3.8) is 0 Å². The maximum atomic E-state index is 12.2. The van der Waals surface area contributed by atoms with Crippen molar-refractivity contribution in [1.29, 1.82) is 0 Å². The summed E-state index contributed by atoms with van der Waals surface area (Å²) in [7, 11) is 0. The number of carbonyl (C=O) groups is 2. The van der Waals surface area contributed by atoms with Gasteiger partial charge in [0.25, 0.3) is 0 Å². The topological polar surface area (TPSA) is 84.9 Å². The number of carboxylic acids is 1. The second-order valence-electron chi connectivity index (χ2n) is 7.29. The number of alkyl carbamates (subject to hydrolysis) is 1. The lowest BCUT2D eigenvalue weighted by atomic mass is 9.98. The molecule has 2 aromatic carbocycles. The average Bonchev–Trinajstić information content (AvgIpc) is 2.99. The van der Waals surface area contributed by atoms with Crippen molar-refractivity contribution in [2.24, 2.45) is 5.92 Å². The zero-order valence-corrected chi connectivity index (χ0v) is 16.1. The molecule has 0 saturated carbocycles. The molecular weight excluding hydrogens is 358 g/mol. The van der Waals surface area contributed by atoms with Gasteiger partial charge in [0, 0.05) is 12.5 Å². The van der Waals surface area contributed by atoms with Crippen LogP contribution in [0.2, 0.25) is 0 Å². The molecule has 2 aromatic rings. The fourth-order valence-corrected chi connectivity index (χ4v) is 3.38. The molecule has 1 aliphatic rings. The van der Waals surface area contributed by atoms with E-state index in [4.69, 9.17) is 9.47 Å². The number of hydrogen-bond acceptors (Lipinski definition) is 4. The van der Waals surface area contributed by atoms with E-state index < -0.39 is 18.1 Å². The normalized spacial score (nSPS) is 13.7. The number of carbonyl (C=O) groups excluding carboxylic acids is 1. The summed E-state index contributed by atoms with van der Waals surface area (Å²) < 4.78 is 10.7. The predicted molar refractivity (Wildman–Crippen MR) is 105 cm³/mol. The van der Waals surface area contributed by atoms with Gasteiger partial charge in [0.05, 0.1) is 6.61 Å². The first-order valence-electron chi connectivity index (χ1n) is 9.39. The van der Waals surface area contributed by atoms with Crippen LogP contribution in [0.25, 0.3) is 11.1 Å². The molecule has 1 aliphatic carbocycles. The first-order chi connectivity index (χ1) is 13.5. The Kier molecular flexibility index (Phi) is 6.31. The highest BCUT2D eigenvalue weighted by Gasteiger charge is 2.29. The predicted octanol–water partition coefficient (Wildman–Crippen LogP) is 3.65. The number of ether oxygens (including phenoxy) is 2. The summed E-state index contributed by atoms with van der Waals surface area (Å²) in [5.74, 6) is -0.945. The molecule has 1 amide bonds. The minimum atomic E-state index is -1.16. The summed E-state index contributed by atoms with van der Waals surface area (Å²) in [6.07, 6.45) is -0.762. The van der Waals surface area contributed by atoms with Crippen molar-refractivity contribution in [2.75, 3.05) is 19.8 Å². The second kappa shape index (κ2) is 8.89. The fraction of sp³-hybridized carbons (Fsp3) is 0.364. The van der Waals surface area contributed by atoms with Crippen molar-refractivity contribution >= 4 is 12.1 Å². The van der Waals surface area contributed by atoms with Gasteiger partial charge >= 0.3 is 12.1 Å². The summed E-state index contributed by atoms with van der Waals surface area (Å²) in [4.78, 5) is 23.5. The van der Waals surface area contributed by atoms with E-state index >= 15 is 0 Å². The summed E-state index contributed by atoms with van der Waals surface area (Å²) in [6, 6.07) is 14.9. The van der Waals surface area contributed by atoms with Gasteiger partial charge in [-0.1, -0.05) is 62.4 Å². The van der Waals surface area contributed by atoms with Gasteiger partial charge in [0.1, 0.15) is 6.61 Å². The highest BCUT2D eigenvalue weighted by molar-refractivity contribution is 5.81. The molecule has 6 nitrogen and oxygen atoms in total. The van der Waals surface area contributed by atoms with Crippen LogP contribution >= 0.6 is 0 Å². The number of benzene rings is 2. The van der Waals surface area contributed by atoms with Gasteiger partial charge in [-0.15, -0.1) is 0 Å². The molecular formula is C22H25NO5. The van der Waals surface area contributed by atoms with E-state index in [1.165, 1.54) is 0 Å². The summed E-state index contributed by atoms with van der Waals surface area (Å²) in [5.41, 5.74) is 4.48. The summed E-state index contributed by atoms with van der Waals surface area (Å²) in [5, 5.41) is 11.7. The molecule has 0 bridgehead atoms. The number of amides is 1. The van der Waals surface area contributed by atoms with Crippen LogP contribution in [0.5, 0.6) is 0 Å². The van der Waals surface area contributed by atoms with E-state index in [0.29, 0.717) is 6.61 Å². The summed E-state index contributed by atoms with van der Waals surface area (Å²) >= 11 is 0. The quantitative estimate of drug-likeness (QED) is 0.727. The Morgan fingerprint density at radius 3 is 2.11 bits per heavy atom. The zero-order chi connectivity index (χ0) is 20.1. The molecule has 0 aromatic heterocycles. The Labute approximate surface area is 164 Å². The van der Waals surface area contributed by atoms with Crippen molar-refractivity contribution < 1.29 is 24.2 Å². The molecule has 0 aliphatic heterocycles. The third-order valence-electron chi connectivity index (χ3n) is 4.67. The molecule has 3 rings (SSSR count). The lowest BCUT2D eigenvalue weighted by Gasteiger charge is -2.18. The Hall–Kier alpha value is -2.86. The molecule has 0 heterocycles. The van der Waals surface area contributed by atoms with Gasteiger partial charge < -0.3 is 19.9 Å². The van der Waals surface area contributed by atoms with E-state index in [9.17, 15) is 14.7 Å². The number of nitrogens with one attached hydrogen (secondary N) is 1. The fourth-order valence-electron chi connectivity index (χ4n) is 3.38. The first-order valence-corrected chi connectivity index (χ1v) is 9.39. The van der Waals surface area contributed by atoms with Crippen molar-refractivity contribution in [3.05, 3.63) is 59.7 Å². The van der Waals surface area contributed by atoms with Crippen LogP contribution in [0.15, 0.2) is 48.5 Å². The van der Waals surface area contributed by atoms with Crippen LogP contribution in [0, 0.1) is 5.92 Å². The highest BCUT2D eigenvalue weighted by atomic mass is 16.5. The molecule has 0 saturated heterocycles. The van der Waals surface area contributed by atoms with Crippen molar-refractivity contribution in [3.8, 4) is 11.1 Å². The first kappa shape index (κ1) is 19.9. The smallest absolute Gasteiger partial charge is 0.407 e. The van der Waals surface area contributed by atoms with Crippen molar-refractivity contribution in [2.45, 2.75) is 25.8 Å². The maximum absolute atomic E-state index is 12.2. The van der Waals surface area contributed by atoms with E-state index in [1.54, 1.807) is 0 Å². The van der Waals surface area contributed by atoms with Crippen LogP contribution in [-0.2, 0) is 14.3 Å². The van der Waals surface area contributed by atoms with Gasteiger partial charge in [-0.2, -0.15) is 0 Å². The minimum absolute atomic E-state index is 0.0707. The van der Waals surface area contributed by atoms with Crippen LogP contribution in [-0.4, -0.2) is 43.0 Å². The van der Waals surface area contributed by atoms with E-state index in [1.807, 2.05) is 50.2 Å². The van der Waals surface area contributed by atoms with E-state index in [-0.39, 0.29) is 25.0 Å². The molecule has 0 spiro atoms. The monoisotopic (exact) mass is 383 g/mol. The molecule has 0 fully saturated rings. The summed E-state index contributed by atoms with van der Waals surface area (Å²) in [6.45, 7) is 4.40. The molecule has 1 atom stereocenters. The van der Waals surface area contributed by atoms with Crippen LogP contribution < -0.4 is 5.32 Å². The SMILES string of the molecule is CC(C)COC[C@H](NC(=O)OCC1c2ccccc2-c2ccccc21)C(=O)O. The molecule has 0 unspecified atom stereocenters. The Morgan fingerprint density at radius 1 is 1.00 bits per heavy atom. The van der Waals surface area contributed by atoms with Gasteiger partial charge in [-0.3, -0.25) is 0 Å². The van der Waals surface area contributed by atoms with E-state index in [2.05, 4.69) is 17.4 Å². The zero-order valence-electron chi connectivity index (χ0n) is 16.1. The lowest BCUT2D eigenvalue weighted by Crippen LogP contribution is -2.44. The Bertz CT molecular complexity index is 803. The van der Waals surface area contributed by atoms with Crippen LogP contribution in [0.3, 0.4) is 0 Å². The molecule has 28 heavy (non-hydrogen) atoms. The van der Waals surface area contributed by atoms with Gasteiger partial charge in [-0.05, 0) is 28.2 Å². The van der Waals surface area contributed by atoms with E-state index in [0.717, 1.165) is 22.3 Å². The highest BCUT2D eigenvalue weighted by Crippen LogP contribution is 2.44. The number of carboxylic acid groups (broad SMARTS) is 1. The second-order valence-corrected chi connectivity index (χ2v) is 7.29. The third kappa shape index (κ3) is 4.51.